The molecule has 0 spiro atoms. The normalized spacial score (nSPS) is 19.5. The average molecular weight is 151 g/mol. The van der Waals surface area contributed by atoms with Gasteiger partial charge in [-0.05, 0) is 12.8 Å². The lowest BCUT2D eigenvalue weighted by molar-refractivity contribution is 0.377. The highest BCUT2D eigenvalue weighted by Crippen LogP contribution is 2.16. The van der Waals surface area contributed by atoms with Crippen molar-refractivity contribution in [2.45, 2.75) is 44.6 Å². The number of hydrogen-bond donors (Lipinski definition) is 1. The molecule has 1 aliphatic carbocycles. The molecule has 11 heavy (non-hydrogen) atoms. The van der Waals surface area contributed by atoms with Crippen LogP contribution in [0.2, 0.25) is 0 Å². The van der Waals surface area contributed by atoms with Gasteiger partial charge in [0.25, 0.3) is 0 Å². The van der Waals surface area contributed by atoms with E-state index >= 15 is 0 Å². The van der Waals surface area contributed by atoms with Gasteiger partial charge in [-0.25, -0.2) is 0 Å². The summed E-state index contributed by atoms with van der Waals surface area (Å²) in [4.78, 5) is 0. The zero-order valence-corrected chi connectivity index (χ0v) is 7.10. The third kappa shape index (κ3) is 3.43. The first-order valence-electron chi connectivity index (χ1n) is 4.60. The van der Waals surface area contributed by atoms with Gasteiger partial charge in [0.05, 0.1) is 0 Å². The van der Waals surface area contributed by atoms with Crippen molar-refractivity contribution in [2.24, 2.45) is 0 Å². The van der Waals surface area contributed by atoms with Gasteiger partial charge in [-0.2, -0.15) is 0 Å². The Bertz CT molecular complexity index is 128. The van der Waals surface area contributed by atoms with Crippen LogP contribution in [-0.2, 0) is 0 Å². The van der Waals surface area contributed by atoms with Gasteiger partial charge >= 0.3 is 0 Å². The van der Waals surface area contributed by atoms with Gasteiger partial charge in [-0.1, -0.05) is 19.3 Å². The second-order valence-corrected chi connectivity index (χ2v) is 3.24. The van der Waals surface area contributed by atoms with Gasteiger partial charge in [0.2, 0.25) is 0 Å². The van der Waals surface area contributed by atoms with E-state index < -0.39 is 0 Å². The summed E-state index contributed by atoms with van der Waals surface area (Å²) in [6, 6.07) is 0.761. The van der Waals surface area contributed by atoms with Crippen LogP contribution >= 0.6 is 0 Å². The van der Waals surface area contributed by atoms with Gasteiger partial charge in [0, 0.05) is 19.0 Å². The minimum absolute atomic E-state index is 0.761. The third-order valence-electron chi connectivity index (χ3n) is 2.31. The number of hydrogen-bond acceptors (Lipinski definition) is 1. The summed E-state index contributed by atoms with van der Waals surface area (Å²) in [7, 11) is 0. The SMILES string of the molecule is C#CCCNC1CCCCC1. The molecule has 1 saturated carbocycles. The lowest BCUT2D eigenvalue weighted by atomic mass is 9.95. The summed E-state index contributed by atoms with van der Waals surface area (Å²) in [6.45, 7) is 1.00. The molecule has 0 bridgehead atoms. The molecule has 0 aromatic heterocycles. The molecule has 0 amide bonds. The molecule has 0 radical (unpaired) electrons. The van der Waals surface area contributed by atoms with E-state index in [2.05, 4.69) is 11.2 Å². The summed E-state index contributed by atoms with van der Waals surface area (Å²) in [5, 5.41) is 3.48. The molecular formula is C10H17N. The van der Waals surface area contributed by atoms with Crippen LogP contribution in [0.4, 0.5) is 0 Å². The van der Waals surface area contributed by atoms with Crippen LogP contribution in [0.1, 0.15) is 38.5 Å². The minimum atomic E-state index is 0.761. The summed E-state index contributed by atoms with van der Waals surface area (Å²) in [5.74, 6) is 2.64. The molecular weight excluding hydrogens is 134 g/mol. The highest BCUT2D eigenvalue weighted by Gasteiger charge is 2.11. The van der Waals surface area contributed by atoms with E-state index in [4.69, 9.17) is 6.42 Å². The molecule has 0 aromatic carbocycles. The maximum Gasteiger partial charge on any atom is 0.0211 e. The molecule has 1 fully saturated rings. The van der Waals surface area contributed by atoms with Crippen LogP contribution in [0, 0.1) is 12.3 Å². The quantitative estimate of drug-likeness (QED) is 0.480. The van der Waals surface area contributed by atoms with E-state index in [-0.39, 0.29) is 0 Å². The highest BCUT2D eigenvalue weighted by atomic mass is 14.9. The first-order chi connectivity index (χ1) is 5.43. The third-order valence-corrected chi connectivity index (χ3v) is 2.31. The fourth-order valence-corrected chi connectivity index (χ4v) is 1.66. The number of rotatable bonds is 3. The summed E-state index contributed by atoms with van der Waals surface area (Å²) >= 11 is 0. The van der Waals surface area contributed by atoms with Crippen LogP contribution in [0.3, 0.4) is 0 Å². The zero-order chi connectivity index (χ0) is 7.94. The second-order valence-electron chi connectivity index (χ2n) is 3.24. The van der Waals surface area contributed by atoms with E-state index in [9.17, 15) is 0 Å². The lowest BCUT2D eigenvalue weighted by Gasteiger charge is -2.22. The predicted octanol–water partition coefficient (Wildman–Crippen LogP) is 1.93. The molecule has 0 heterocycles. The monoisotopic (exact) mass is 151 g/mol. The molecule has 1 N–H and O–H groups in total. The standard InChI is InChI=1S/C10H17N/c1-2-3-9-11-10-7-5-4-6-8-10/h1,10-11H,3-9H2. The Labute approximate surface area is 69.6 Å². The maximum atomic E-state index is 5.15. The van der Waals surface area contributed by atoms with Gasteiger partial charge in [0.15, 0.2) is 0 Å². The molecule has 1 aliphatic rings. The van der Waals surface area contributed by atoms with E-state index in [1.807, 2.05) is 0 Å². The van der Waals surface area contributed by atoms with Crippen molar-refractivity contribution >= 4 is 0 Å². The van der Waals surface area contributed by atoms with Crippen LogP contribution in [-0.4, -0.2) is 12.6 Å². The van der Waals surface area contributed by atoms with Gasteiger partial charge < -0.3 is 5.32 Å². The van der Waals surface area contributed by atoms with Crippen LogP contribution in [0.5, 0.6) is 0 Å². The van der Waals surface area contributed by atoms with E-state index in [1.54, 1.807) is 0 Å². The van der Waals surface area contributed by atoms with Crippen LogP contribution < -0.4 is 5.32 Å². The van der Waals surface area contributed by atoms with Crippen molar-refractivity contribution in [3.8, 4) is 12.3 Å². The summed E-state index contributed by atoms with van der Waals surface area (Å²) in [6.07, 6.45) is 12.9. The van der Waals surface area contributed by atoms with Crippen molar-refractivity contribution in [1.82, 2.24) is 5.32 Å². The Balaban J connectivity index is 2.01. The number of terminal acetylenes is 1. The molecule has 0 aromatic rings. The molecule has 62 valence electrons. The van der Waals surface area contributed by atoms with Crippen molar-refractivity contribution in [3.63, 3.8) is 0 Å². The maximum absolute atomic E-state index is 5.15. The van der Waals surface area contributed by atoms with Gasteiger partial charge in [-0.15, -0.1) is 12.3 Å². The molecule has 1 nitrogen and oxygen atoms in total. The molecule has 0 saturated heterocycles. The lowest BCUT2D eigenvalue weighted by Crippen LogP contribution is -2.31. The van der Waals surface area contributed by atoms with Crippen LogP contribution in [0.25, 0.3) is 0 Å². The van der Waals surface area contributed by atoms with E-state index in [1.165, 1.54) is 32.1 Å². The smallest absolute Gasteiger partial charge is 0.0211 e. The van der Waals surface area contributed by atoms with Crippen molar-refractivity contribution in [3.05, 3.63) is 0 Å². The van der Waals surface area contributed by atoms with Gasteiger partial charge in [-0.3, -0.25) is 0 Å². The fraction of sp³-hybridized carbons (Fsp3) is 0.800. The molecule has 0 unspecified atom stereocenters. The first-order valence-corrected chi connectivity index (χ1v) is 4.60. The Morgan fingerprint density at radius 1 is 1.27 bits per heavy atom. The highest BCUT2D eigenvalue weighted by molar-refractivity contribution is 4.85. The topological polar surface area (TPSA) is 12.0 Å². The summed E-state index contributed by atoms with van der Waals surface area (Å²) < 4.78 is 0. The van der Waals surface area contributed by atoms with Gasteiger partial charge in [0.1, 0.15) is 0 Å². The van der Waals surface area contributed by atoms with E-state index in [0.717, 1.165) is 19.0 Å². The molecule has 1 rings (SSSR count). The summed E-state index contributed by atoms with van der Waals surface area (Å²) in [5.41, 5.74) is 0. The van der Waals surface area contributed by atoms with Crippen molar-refractivity contribution in [2.75, 3.05) is 6.54 Å². The average Bonchev–Trinajstić information content (AvgIpc) is 2.07. The second kappa shape index (κ2) is 5.21. The predicted molar refractivity (Wildman–Crippen MR) is 48.3 cm³/mol. The minimum Gasteiger partial charge on any atom is -0.313 e. The molecule has 1 heteroatoms. The van der Waals surface area contributed by atoms with Crippen LogP contribution in [0.15, 0.2) is 0 Å². The Morgan fingerprint density at radius 2 is 2.00 bits per heavy atom. The first kappa shape index (κ1) is 8.62. The zero-order valence-electron chi connectivity index (χ0n) is 7.10. The number of nitrogens with one attached hydrogen (secondary N) is 1. The van der Waals surface area contributed by atoms with Crippen molar-refractivity contribution in [1.29, 1.82) is 0 Å². The van der Waals surface area contributed by atoms with Crippen molar-refractivity contribution < 1.29 is 0 Å². The van der Waals surface area contributed by atoms with E-state index in [0.29, 0.717) is 0 Å². The molecule has 0 atom stereocenters. The largest absolute Gasteiger partial charge is 0.313 e. The molecule has 0 aliphatic heterocycles. The Morgan fingerprint density at radius 3 is 2.64 bits per heavy atom. The Hall–Kier alpha value is -0.480. The fourth-order valence-electron chi connectivity index (χ4n) is 1.66. The Kier molecular flexibility index (Phi) is 4.08.